The fraction of sp³-hybridized carbons (Fsp3) is 0.846. The molecule has 1 rings (SSSR count). The van der Waals surface area contributed by atoms with Crippen LogP contribution in [0.4, 0.5) is 0 Å². The molecule has 0 spiro atoms. The summed E-state index contributed by atoms with van der Waals surface area (Å²) < 4.78 is 5.76. The predicted octanol–water partition coefficient (Wildman–Crippen LogP) is 2.75. The molecule has 3 unspecified atom stereocenters. The second-order valence-corrected chi connectivity index (χ2v) is 4.62. The van der Waals surface area contributed by atoms with E-state index in [2.05, 4.69) is 32.7 Å². The quantitative estimate of drug-likeness (QED) is 0.516. The fourth-order valence-corrected chi connectivity index (χ4v) is 2.43. The van der Waals surface area contributed by atoms with Crippen molar-refractivity contribution in [1.82, 2.24) is 5.32 Å². The van der Waals surface area contributed by atoms with Gasteiger partial charge in [0.2, 0.25) is 0 Å². The first kappa shape index (κ1) is 12.7. The summed E-state index contributed by atoms with van der Waals surface area (Å²) in [5, 5.41) is 3.60. The third kappa shape index (κ3) is 2.61. The Kier molecular flexibility index (Phi) is 4.81. The van der Waals surface area contributed by atoms with Gasteiger partial charge in [0.05, 0.1) is 6.10 Å². The summed E-state index contributed by atoms with van der Waals surface area (Å²) in [7, 11) is 0. The summed E-state index contributed by atoms with van der Waals surface area (Å²) in [6.45, 7) is 12.3. The number of hydrogen-bond acceptors (Lipinski definition) is 2. The summed E-state index contributed by atoms with van der Waals surface area (Å²) in [4.78, 5) is 0. The summed E-state index contributed by atoms with van der Waals surface area (Å²) in [6, 6.07) is 0.624. The number of ether oxygens (including phenoxy) is 1. The van der Waals surface area contributed by atoms with E-state index in [9.17, 15) is 0 Å². The van der Waals surface area contributed by atoms with Crippen molar-refractivity contribution in [2.24, 2.45) is 5.41 Å². The monoisotopic (exact) mass is 211 g/mol. The van der Waals surface area contributed by atoms with Crippen molar-refractivity contribution in [3.05, 3.63) is 12.7 Å². The van der Waals surface area contributed by atoms with Gasteiger partial charge in [-0.15, -0.1) is 6.58 Å². The Morgan fingerprint density at radius 2 is 2.27 bits per heavy atom. The number of nitrogens with one attached hydrogen (secondary N) is 1. The van der Waals surface area contributed by atoms with Crippen molar-refractivity contribution in [1.29, 1.82) is 0 Å². The van der Waals surface area contributed by atoms with Crippen LogP contribution in [0.2, 0.25) is 0 Å². The van der Waals surface area contributed by atoms with Crippen LogP contribution in [-0.2, 0) is 4.74 Å². The minimum atomic E-state index is 0.331. The molecule has 1 fully saturated rings. The van der Waals surface area contributed by atoms with E-state index in [1.54, 1.807) is 0 Å². The maximum absolute atomic E-state index is 5.76. The van der Waals surface area contributed by atoms with Gasteiger partial charge in [0, 0.05) is 18.1 Å². The summed E-state index contributed by atoms with van der Waals surface area (Å²) >= 11 is 0. The second-order valence-electron chi connectivity index (χ2n) is 4.62. The lowest BCUT2D eigenvalue weighted by molar-refractivity contribution is -0.125. The topological polar surface area (TPSA) is 21.3 Å². The molecule has 0 radical (unpaired) electrons. The minimum Gasteiger partial charge on any atom is -0.378 e. The standard InChI is InChI=1S/C13H25NO/c1-5-8-9-14-11-10-12(15-7-3)13(11,4)6-2/h5,11-12,14H,1,6-10H2,2-4H3. The highest BCUT2D eigenvalue weighted by Crippen LogP contribution is 2.45. The van der Waals surface area contributed by atoms with Gasteiger partial charge in [0.1, 0.15) is 0 Å². The van der Waals surface area contributed by atoms with Gasteiger partial charge >= 0.3 is 0 Å². The Morgan fingerprint density at radius 1 is 1.53 bits per heavy atom. The second kappa shape index (κ2) is 5.66. The van der Waals surface area contributed by atoms with E-state index in [1.165, 1.54) is 6.42 Å². The lowest BCUT2D eigenvalue weighted by atomic mass is 9.61. The molecule has 0 aromatic carbocycles. The maximum atomic E-state index is 5.76. The van der Waals surface area contributed by atoms with Crippen LogP contribution >= 0.6 is 0 Å². The highest BCUT2D eigenvalue weighted by Gasteiger charge is 2.50. The van der Waals surface area contributed by atoms with Crippen LogP contribution in [0.15, 0.2) is 12.7 Å². The molecule has 3 atom stereocenters. The van der Waals surface area contributed by atoms with Gasteiger partial charge in [0.15, 0.2) is 0 Å². The molecule has 1 aliphatic carbocycles. The lowest BCUT2D eigenvalue weighted by Crippen LogP contribution is -2.62. The highest BCUT2D eigenvalue weighted by atomic mass is 16.5. The molecular weight excluding hydrogens is 186 g/mol. The van der Waals surface area contributed by atoms with Crippen LogP contribution in [0.1, 0.15) is 40.0 Å². The van der Waals surface area contributed by atoms with Gasteiger partial charge in [-0.05, 0) is 32.7 Å². The zero-order valence-electron chi connectivity index (χ0n) is 10.4. The van der Waals surface area contributed by atoms with Gasteiger partial charge < -0.3 is 10.1 Å². The molecule has 1 saturated carbocycles. The molecule has 88 valence electrons. The van der Waals surface area contributed by atoms with Crippen LogP contribution in [0.3, 0.4) is 0 Å². The molecule has 1 N–H and O–H groups in total. The zero-order valence-corrected chi connectivity index (χ0v) is 10.4. The normalized spacial score (nSPS) is 34.9. The third-order valence-corrected chi connectivity index (χ3v) is 3.85. The molecule has 0 bridgehead atoms. The average molecular weight is 211 g/mol. The highest BCUT2D eigenvalue weighted by molar-refractivity contribution is 5.04. The van der Waals surface area contributed by atoms with E-state index in [-0.39, 0.29) is 0 Å². The number of rotatable bonds is 7. The Hall–Kier alpha value is -0.340. The van der Waals surface area contributed by atoms with Crippen molar-refractivity contribution in [3.8, 4) is 0 Å². The summed E-state index contributed by atoms with van der Waals surface area (Å²) in [5.41, 5.74) is 0.331. The van der Waals surface area contributed by atoms with Gasteiger partial charge in [-0.25, -0.2) is 0 Å². The Morgan fingerprint density at radius 3 is 2.80 bits per heavy atom. The zero-order chi connectivity index (χ0) is 11.3. The maximum Gasteiger partial charge on any atom is 0.0658 e. The van der Waals surface area contributed by atoms with E-state index in [4.69, 9.17) is 4.74 Å². The molecule has 15 heavy (non-hydrogen) atoms. The molecule has 0 amide bonds. The molecule has 0 saturated heterocycles. The van der Waals surface area contributed by atoms with Crippen molar-refractivity contribution in [2.45, 2.75) is 52.2 Å². The molecule has 2 heteroatoms. The van der Waals surface area contributed by atoms with Gasteiger partial charge in [-0.1, -0.05) is 19.9 Å². The van der Waals surface area contributed by atoms with Gasteiger partial charge in [0.25, 0.3) is 0 Å². The SMILES string of the molecule is C=CCCNC1CC(OCC)C1(C)CC. The van der Waals surface area contributed by atoms with Gasteiger partial charge in [-0.3, -0.25) is 0 Å². The van der Waals surface area contributed by atoms with Crippen LogP contribution in [-0.4, -0.2) is 25.3 Å². The average Bonchev–Trinajstić information content (AvgIpc) is 2.26. The number of hydrogen-bond donors (Lipinski definition) is 1. The summed E-state index contributed by atoms with van der Waals surface area (Å²) in [5.74, 6) is 0. The van der Waals surface area contributed by atoms with E-state index in [0.717, 1.165) is 26.0 Å². The predicted molar refractivity (Wildman–Crippen MR) is 65.0 cm³/mol. The lowest BCUT2D eigenvalue weighted by Gasteiger charge is -2.53. The third-order valence-electron chi connectivity index (χ3n) is 3.85. The van der Waals surface area contributed by atoms with Crippen molar-refractivity contribution in [3.63, 3.8) is 0 Å². The molecular formula is C13H25NO. The largest absolute Gasteiger partial charge is 0.378 e. The first-order valence-electron chi connectivity index (χ1n) is 6.14. The first-order chi connectivity index (χ1) is 7.19. The molecule has 2 nitrogen and oxygen atoms in total. The smallest absolute Gasteiger partial charge is 0.0658 e. The van der Waals surface area contributed by atoms with Crippen molar-refractivity contribution in [2.75, 3.05) is 13.2 Å². The van der Waals surface area contributed by atoms with E-state index in [0.29, 0.717) is 17.6 Å². The molecule has 0 aromatic heterocycles. The van der Waals surface area contributed by atoms with Gasteiger partial charge in [-0.2, -0.15) is 0 Å². The van der Waals surface area contributed by atoms with Crippen molar-refractivity contribution < 1.29 is 4.74 Å². The van der Waals surface area contributed by atoms with E-state index < -0.39 is 0 Å². The molecule has 0 aliphatic heterocycles. The van der Waals surface area contributed by atoms with Crippen LogP contribution in [0, 0.1) is 5.41 Å². The summed E-state index contributed by atoms with van der Waals surface area (Å²) in [6.07, 6.45) is 5.82. The molecule has 0 aromatic rings. The fourth-order valence-electron chi connectivity index (χ4n) is 2.43. The van der Waals surface area contributed by atoms with Crippen LogP contribution < -0.4 is 5.32 Å². The van der Waals surface area contributed by atoms with E-state index >= 15 is 0 Å². The molecule has 0 heterocycles. The van der Waals surface area contributed by atoms with Crippen LogP contribution in [0.25, 0.3) is 0 Å². The molecule has 1 aliphatic rings. The minimum absolute atomic E-state index is 0.331. The Balaban J connectivity index is 2.38. The first-order valence-corrected chi connectivity index (χ1v) is 6.14. The van der Waals surface area contributed by atoms with Crippen LogP contribution in [0.5, 0.6) is 0 Å². The Bertz CT molecular complexity index is 205. The van der Waals surface area contributed by atoms with Crippen molar-refractivity contribution >= 4 is 0 Å². The van der Waals surface area contributed by atoms with E-state index in [1.807, 2.05) is 6.08 Å². The Labute approximate surface area is 94.1 Å².